The van der Waals surface area contributed by atoms with Crippen LogP contribution in [0.25, 0.3) is 10.8 Å². The van der Waals surface area contributed by atoms with Gasteiger partial charge in [0.25, 0.3) is 5.91 Å². The van der Waals surface area contributed by atoms with E-state index in [9.17, 15) is 4.79 Å². The van der Waals surface area contributed by atoms with Crippen LogP contribution in [0.2, 0.25) is 0 Å². The maximum absolute atomic E-state index is 12.4. The van der Waals surface area contributed by atoms with Crippen LogP contribution >= 0.6 is 15.9 Å². The minimum absolute atomic E-state index is 0.0103. The van der Waals surface area contributed by atoms with Gasteiger partial charge in [0.05, 0.1) is 11.6 Å². The summed E-state index contributed by atoms with van der Waals surface area (Å²) in [6.07, 6.45) is 0. The molecule has 0 bridgehead atoms. The number of ether oxygens (including phenoxy) is 2. The fraction of sp³-hybridized carbons (Fsp3) is 0.190. The number of hydrogen-bond acceptors (Lipinski definition) is 3. The number of nitrogens with zero attached hydrogens (tertiary/aromatic N) is 1. The summed E-state index contributed by atoms with van der Waals surface area (Å²) in [5.41, 5.74) is 1.04. The summed E-state index contributed by atoms with van der Waals surface area (Å²) in [6, 6.07) is 19.6. The third-order valence-corrected chi connectivity index (χ3v) is 5.00. The van der Waals surface area contributed by atoms with Gasteiger partial charge in [-0.1, -0.05) is 42.5 Å². The summed E-state index contributed by atoms with van der Waals surface area (Å²) < 4.78 is 11.8. The van der Waals surface area contributed by atoms with E-state index in [1.807, 2.05) is 60.7 Å². The van der Waals surface area contributed by atoms with Crippen molar-refractivity contribution in [2.24, 2.45) is 0 Å². The van der Waals surface area contributed by atoms with Crippen molar-refractivity contribution < 1.29 is 14.3 Å². The SMILES string of the molecule is COc1ccc(CN(C)C(=O)COc2ccc3ccccc3c2Br)cc1. The Morgan fingerprint density at radius 2 is 1.77 bits per heavy atom. The fourth-order valence-corrected chi connectivity index (χ4v) is 3.28. The van der Waals surface area contributed by atoms with Crippen LogP contribution in [-0.2, 0) is 11.3 Å². The Morgan fingerprint density at radius 1 is 1.04 bits per heavy atom. The van der Waals surface area contributed by atoms with E-state index in [0.29, 0.717) is 12.3 Å². The lowest BCUT2D eigenvalue weighted by Crippen LogP contribution is -2.31. The van der Waals surface area contributed by atoms with Crippen molar-refractivity contribution in [2.45, 2.75) is 6.54 Å². The van der Waals surface area contributed by atoms with E-state index in [0.717, 1.165) is 26.6 Å². The second-order valence-corrected chi connectivity index (χ2v) is 6.78. The highest BCUT2D eigenvalue weighted by Crippen LogP contribution is 2.33. The molecule has 0 atom stereocenters. The van der Waals surface area contributed by atoms with Crippen molar-refractivity contribution in [3.8, 4) is 11.5 Å². The van der Waals surface area contributed by atoms with Gasteiger partial charge in [-0.3, -0.25) is 4.79 Å². The largest absolute Gasteiger partial charge is 0.497 e. The van der Waals surface area contributed by atoms with Crippen molar-refractivity contribution in [3.05, 3.63) is 70.7 Å². The molecule has 3 rings (SSSR count). The Kier molecular flexibility index (Phi) is 5.78. The molecule has 26 heavy (non-hydrogen) atoms. The van der Waals surface area contributed by atoms with Crippen molar-refractivity contribution in [2.75, 3.05) is 20.8 Å². The summed E-state index contributed by atoms with van der Waals surface area (Å²) >= 11 is 3.57. The molecule has 0 N–H and O–H groups in total. The second kappa shape index (κ2) is 8.23. The average molecular weight is 414 g/mol. The molecule has 3 aromatic carbocycles. The minimum atomic E-state index is -0.0825. The lowest BCUT2D eigenvalue weighted by molar-refractivity contribution is -0.132. The Bertz CT molecular complexity index is 909. The van der Waals surface area contributed by atoms with Gasteiger partial charge in [0.15, 0.2) is 6.61 Å². The van der Waals surface area contributed by atoms with Gasteiger partial charge in [0.2, 0.25) is 0 Å². The predicted molar refractivity (Wildman–Crippen MR) is 107 cm³/mol. The van der Waals surface area contributed by atoms with Crippen LogP contribution in [0.3, 0.4) is 0 Å². The number of amides is 1. The molecule has 0 aliphatic rings. The number of hydrogen-bond donors (Lipinski definition) is 0. The maximum Gasteiger partial charge on any atom is 0.260 e. The number of fused-ring (bicyclic) bond motifs is 1. The van der Waals surface area contributed by atoms with E-state index in [4.69, 9.17) is 9.47 Å². The predicted octanol–water partition coefficient (Wildman–Crippen LogP) is 4.65. The molecular formula is C21H20BrNO3. The van der Waals surface area contributed by atoms with Crippen LogP contribution in [0.1, 0.15) is 5.56 Å². The van der Waals surface area contributed by atoms with Crippen LogP contribution in [-0.4, -0.2) is 31.6 Å². The molecule has 0 spiro atoms. The number of likely N-dealkylation sites (N-methyl/N-ethyl adjacent to an activating group) is 1. The Hall–Kier alpha value is -2.53. The Labute approximate surface area is 161 Å². The van der Waals surface area contributed by atoms with Gasteiger partial charge < -0.3 is 14.4 Å². The molecule has 0 saturated heterocycles. The third kappa shape index (κ3) is 4.17. The topological polar surface area (TPSA) is 38.8 Å². The average Bonchev–Trinajstić information content (AvgIpc) is 2.68. The van der Waals surface area contributed by atoms with Crippen LogP contribution in [0, 0.1) is 0 Å². The van der Waals surface area contributed by atoms with Crippen LogP contribution < -0.4 is 9.47 Å². The molecule has 3 aromatic rings. The van der Waals surface area contributed by atoms with Gasteiger partial charge in [-0.25, -0.2) is 0 Å². The van der Waals surface area contributed by atoms with Gasteiger partial charge in [0, 0.05) is 13.6 Å². The fourth-order valence-electron chi connectivity index (χ4n) is 2.67. The Morgan fingerprint density at radius 3 is 2.50 bits per heavy atom. The maximum atomic E-state index is 12.4. The number of carbonyl (C=O) groups excluding carboxylic acids is 1. The molecule has 0 radical (unpaired) electrons. The molecule has 1 amide bonds. The van der Waals surface area contributed by atoms with Gasteiger partial charge in [-0.15, -0.1) is 0 Å². The summed E-state index contributed by atoms with van der Waals surface area (Å²) in [5.74, 6) is 1.38. The van der Waals surface area contributed by atoms with E-state index in [-0.39, 0.29) is 12.5 Å². The molecule has 134 valence electrons. The smallest absolute Gasteiger partial charge is 0.260 e. The number of rotatable bonds is 6. The molecule has 0 heterocycles. The highest BCUT2D eigenvalue weighted by molar-refractivity contribution is 9.10. The first kappa shape index (κ1) is 18.3. The second-order valence-electron chi connectivity index (χ2n) is 5.99. The molecule has 0 aliphatic heterocycles. The molecule has 4 nitrogen and oxygen atoms in total. The summed E-state index contributed by atoms with van der Waals surface area (Å²) in [4.78, 5) is 14.0. The highest BCUT2D eigenvalue weighted by Gasteiger charge is 2.12. The first-order valence-corrected chi connectivity index (χ1v) is 9.04. The first-order valence-electron chi connectivity index (χ1n) is 8.25. The van der Waals surface area contributed by atoms with Crippen molar-refractivity contribution in [3.63, 3.8) is 0 Å². The van der Waals surface area contributed by atoms with Gasteiger partial charge in [-0.05, 0) is 50.5 Å². The zero-order chi connectivity index (χ0) is 18.5. The van der Waals surface area contributed by atoms with Crippen LogP contribution in [0.15, 0.2) is 65.1 Å². The molecule has 0 fully saturated rings. The van der Waals surface area contributed by atoms with Crippen molar-refractivity contribution in [1.82, 2.24) is 4.90 Å². The standard InChI is InChI=1S/C21H20BrNO3/c1-23(13-15-7-10-17(25-2)11-8-15)20(24)14-26-19-12-9-16-5-3-4-6-18(16)21(19)22/h3-12H,13-14H2,1-2H3. The molecule has 5 heteroatoms. The van der Waals surface area contributed by atoms with Crippen LogP contribution in [0.4, 0.5) is 0 Å². The molecule has 0 aliphatic carbocycles. The van der Waals surface area contributed by atoms with Crippen molar-refractivity contribution >= 4 is 32.6 Å². The molecule has 0 saturated carbocycles. The van der Waals surface area contributed by atoms with Crippen LogP contribution in [0.5, 0.6) is 11.5 Å². The Balaban J connectivity index is 1.61. The van der Waals surface area contributed by atoms with Crippen molar-refractivity contribution in [1.29, 1.82) is 0 Å². The summed E-state index contributed by atoms with van der Waals surface area (Å²) in [7, 11) is 3.40. The van der Waals surface area contributed by atoms with Gasteiger partial charge >= 0.3 is 0 Å². The number of halogens is 1. The monoisotopic (exact) mass is 413 g/mol. The lowest BCUT2D eigenvalue weighted by atomic mass is 10.1. The third-order valence-electron chi connectivity index (χ3n) is 4.18. The zero-order valence-corrected chi connectivity index (χ0v) is 16.3. The number of carbonyl (C=O) groups is 1. The lowest BCUT2D eigenvalue weighted by Gasteiger charge is -2.18. The molecular weight excluding hydrogens is 394 g/mol. The van der Waals surface area contributed by atoms with E-state index < -0.39 is 0 Å². The minimum Gasteiger partial charge on any atom is -0.497 e. The number of benzene rings is 3. The number of methoxy groups -OCH3 is 1. The van der Waals surface area contributed by atoms with Gasteiger partial charge in [-0.2, -0.15) is 0 Å². The normalized spacial score (nSPS) is 10.6. The summed E-state index contributed by atoms with van der Waals surface area (Å²) in [5, 5.41) is 2.18. The van der Waals surface area contributed by atoms with E-state index in [1.54, 1.807) is 19.1 Å². The van der Waals surface area contributed by atoms with E-state index >= 15 is 0 Å². The zero-order valence-electron chi connectivity index (χ0n) is 14.7. The molecule has 0 aromatic heterocycles. The van der Waals surface area contributed by atoms with E-state index in [2.05, 4.69) is 15.9 Å². The van der Waals surface area contributed by atoms with Gasteiger partial charge in [0.1, 0.15) is 11.5 Å². The summed E-state index contributed by atoms with van der Waals surface area (Å²) in [6.45, 7) is 0.509. The van der Waals surface area contributed by atoms with E-state index in [1.165, 1.54) is 0 Å². The quantitative estimate of drug-likeness (QED) is 0.590. The first-order chi connectivity index (χ1) is 12.6. The highest BCUT2D eigenvalue weighted by atomic mass is 79.9. The molecule has 0 unspecified atom stereocenters.